The molecule has 8 heteroatoms. The number of rotatable bonds is 7. The number of carboxylic acid groups (broad SMARTS) is 2. The predicted octanol–water partition coefficient (Wildman–Crippen LogP) is -1.04. The zero-order valence-electron chi connectivity index (χ0n) is 15.6. The highest BCUT2D eigenvalue weighted by Crippen LogP contribution is 2.09. The third kappa shape index (κ3) is 13.4. The molecule has 0 amide bonds. The van der Waals surface area contributed by atoms with E-state index in [4.69, 9.17) is 0 Å². The van der Waals surface area contributed by atoms with Gasteiger partial charge in [0.15, 0.2) is 0 Å². The molecule has 0 saturated heterocycles. The van der Waals surface area contributed by atoms with Crippen LogP contribution >= 0.6 is 31.9 Å². The fraction of sp³-hybridized carbons (Fsp3) is 0.300. The third-order valence-corrected chi connectivity index (χ3v) is 4.67. The van der Waals surface area contributed by atoms with Crippen LogP contribution in [0.5, 0.6) is 0 Å². The predicted molar refractivity (Wildman–Crippen MR) is 111 cm³/mol. The Hall–Kier alpha value is -1.74. The van der Waals surface area contributed by atoms with Crippen LogP contribution in [0, 0.1) is 0 Å². The molecular formula is C20H26Br2N2O4. The molecule has 0 saturated carbocycles. The van der Waals surface area contributed by atoms with E-state index in [1.54, 1.807) is 0 Å². The van der Waals surface area contributed by atoms with E-state index < -0.39 is 21.6 Å². The standard InChI is InChI=1S/2C9H9BrO2.C2H8N2/c2*10-8(9(11)12)6-7-4-2-1-3-5-7;3-1-2-4/h2*1-5,8H,6H2,(H,11,12);1-4H2/t2*8-;/m11./s1. The van der Waals surface area contributed by atoms with Crippen molar-refractivity contribution < 1.29 is 31.3 Å². The molecule has 0 unspecified atom stereocenters. The quantitative estimate of drug-likeness (QED) is 0.453. The zero-order chi connectivity index (χ0) is 21.4. The SMILES string of the molecule is O=C([O-])[C@H](Br)Cc1ccccc1.O=C([O-])[C@H](Br)Cc1ccccc1.[NH3+]CC[NH3+]. The molecule has 2 aromatic carbocycles. The van der Waals surface area contributed by atoms with Crippen molar-refractivity contribution in [2.24, 2.45) is 0 Å². The number of benzene rings is 2. The maximum atomic E-state index is 10.3. The third-order valence-electron chi connectivity index (χ3n) is 3.28. The minimum absolute atomic E-state index is 0.461. The summed E-state index contributed by atoms with van der Waals surface area (Å²) in [6.07, 6.45) is 0.923. The maximum Gasteiger partial charge on any atom is 0.124 e. The van der Waals surface area contributed by atoms with Gasteiger partial charge in [-0.05, 0) is 24.0 Å². The summed E-state index contributed by atoms with van der Waals surface area (Å²) in [7, 11) is 0. The summed E-state index contributed by atoms with van der Waals surface area (Å²) >= 11 is 6.03. The average Bonchev–Trinajstić information content (AvgIpc) is 2.70. The van der Waals surface area contributed by atoms with Gasteiger partial charge < -0.3 is 31.3 Å². The first-order valence-electron chi connectivity index (χ1n) is 8.68. The van der Waals surface area contributed by atoms with Crippen molar-refractivity contribution in [2.45, 2.75) is 22.5 Å². The summed E-state index contributed by atoms with van der Waals surface area (Å²) < 4.78 is 0. The van der Waals surface area contributed by atoms with Crippen molar-refractivity contribution in [2.75, 3.05) is 13.1 Å². The van der Waals surface area contributed by atoms with Crippen LogP contribution in [-0.2, 0) is 22.4 Å². The van der Waals surface area contributed by atoms with Crippen molar-refractivity contribution in [3.63, 3.8) is 0 Å². The second-order valence-electron chi connectivity index (χ2n) is 5.66. The van der Waals surface area contributed by atoms with E-state index in [1.165, 1.54) is 0 Å². The Bertz CT molecular complexity index is 613. The summed E-state index contributed by atoms with van der Waals surface area (Å²) in [5, 5.41) is 20.7. The van der Waals surface area contributed by atoms with Crippen LogP contribution < -0.4 is 21.7 Å². The molecule has 2 rings (SSSR count). The highest BCUT2D eigenvalue weighted by atomic mass is 79.9. The van der Waals surface area contributed by atoms with Crippen LogP contribution in [0.3, 0.4) is 0 Å². The van der Waals surface area contributed by atoms with Crippen molar-refractivity contribution in [1.82, 2.24) is 0 Å². The molecule has 2 atom stereocenters. The molecule has 0 heterocycles. The Kier molecular flexibility index (Phi) is 15.2. The molecule has 0 spiro atoms. The number of carbonyl (C=O) groups excluding carboxylic acids is 2. The zero-order valence-corrected chi connectivity index (χ0v) is 18.7. The lowest BCUT2D eigenvalue weighted by Gasteiger charge is -2.09. The molecule has 0 aliphatic rings. The van der Waals surface area contributed by atoms with Crippen molar-refractivity contribution in [1.29, 1.82) is 0 Å². The molecule has 0 bridgehead atoms. The number of carboxylic acids is 2. The van der Waals surface area contributed by atoms with Crippen LogP contribution in [0.15, 0.2) is 60.7 Å². The van der Waals surface area contributed by atoms with E-state index in [0.717, 1.165) is 24.2 Å². The minimum atomic E-state index is -1.07. The number of hydrogen-bond donors (Lipinski definition) is 2. The van der Waals surface area contributed by atoms with E-state index in [1.807, 2.05) is 60.7 Å². The first kappa shape index (κ1) is 26.3. The molecule has 6 N–H and O–H groups in total. The number of aliphatic carboxylic acids is 2. The van der Waals surface area contributed by atoms with Crippen LogP contribution in [0.4, 0.5) is 0 Å². The molecule has 0 aromatic heterocycles. The van der Waals surface area contributed by atoms with Crippen molar-refractivity contribution in [3.8, 4) is 0 Å². The number of halogens is 2. The first-order chi connectivity index (χ1) is 13.3. The van der Waals surface area contributed by atoms with E-state index >= 15 is 0 Å². The van der Waals surface area contributed by atoms with E-state index in [9.17, 15) is 19.8 Å². The Morgan fingerprint density at radius 2 is 1.00 bits per heavy atom. The van der Waals surface area contributed by atoms with Crippen LogP contribution in [0.1, 0.15) is 11.1 Å². The van der Waals surface area contributed by atoms with Gasteiger partial charge in [-0.2, -0.15) is 0 Å². The van der Waals surface area contributed by atoms with Gasteiger partial charge in [-0.1, -0.05) is 92.5 Å². The van der Waals surface area contributed by atoms with Gasteiger partial charge in [-0.25, -0.2) is 0 Å². The van der Waals surface area contributed by atoms with Gasteiger partial charge in [-0.3, -0.25) is 0 Å². The topological polar surface area (TPSA) is 136 Å². The summed E-state index contributed by atoms with van der Waals surface area (Å²) in [6.45, 7) is 1.92. The normalized spacial score (nSPS) is 11.7. The average molecular weight is 518 g/mol. The molecular weight excluding hydrogens is 492 g/mol. The molecule has 0 fully saturated rings. The number of carbonyl (C=O) groups is 2. The summed E-state index contributed by atoms with van der Waals surface area (Å²) in [6, 6.07) is 18.9. The molecule has 154 valence electrons. The summed E-state index contributed by atoms with van der Waals surface area (Å²) in [5.41, 5.74) is 9.06. The molecule has 28 heavy (non-hydrogen) atoms. The smallest absolute Gasteiger partial charge is 0.124 e. The molecule has 2 aromatic rings. The lowest BCUT2D eigenvalue weighted by atomic mass is 10.1. The van der Waals surface area contributed by atoms with Gasteiger partial charge in [0.2, 0.25) is 0 Å². The minimum Gasteiger partial charge on any atom is -0.549 e. The van der Waals surface area contributed by atoms with E-state index in [2.05, 4.69) is 43.3 Å². The monoisotopic (exact) mass is 516 g/mol. The number of alkyl halides is 2. The fourth-order valence-corrected chi connectivity index (χ4v) is 2.56. The number of hydrogen-bond acceptors (Lipinski definition) is 4. The largest absolute Gasteiger partial charge is 0.549 e. The molecule has 0 radical (unpaired) electrons. The molecule has 6 nitrogen and oxygen atoms in total. The molecule has 0 aliphatic heterocycles. The van der Waals surface area contributed by atoms with Gasteiger partial charge in [-0.15, -0.1) is 0 Å². The van der Waals surface area contributed by atoms with Gasteiger partial charge in [0, 0.05) is 0 Å². The Labute approximate surface area is 182 Å². The molecule has 0 aliphatic carbocycles. The van der Waals surface area contributed by atoms with E-state index in [0.29, 0.717) is 12.8 Å². The van der Waals surface area contributed by atoms with Gasteiger partial charge in [0.25, 0.3) is 0 Å². The lowest BCUT2D eigenvalue weighted by molar-refractivity contribution is -0.453. The van der Waals surface area contributed by atoms with Gasteiger partial charge in [0.05, 0.1) is 21.6 Å². The highest BCUT2D eigenvalue weighted by Gasteiger charge is 2.05. The van der Waals surface area contributed by atoms with Gasteiger partial charge in [0.1, 0.15) is 13.1 Å². The number of quaternary nitrogens is 2. The highest BCUT2D eigenvalue weighted by molar-refractivity contribution is 9.10. The van der Waals surface area contributed by atoms with E-state index in [-0.39, 0.29) is 0 Å². The van der Waals surface area contributed by atoms with Crippen molar-refractivity contribution in [3.05, 3.63) is 71.8 Å². The Morgan fingerprint density at radius 1 is 0.714 bits per heavy atom. The Morgan fingerprint density at radius 3 is 1.21 bits per heavy atom. The Balaban J connectivity index is 0.000000439. The summed E-state index contributed by atoms with van der Waals surface area (Å²) in [4.78, 5) is 19.5. The first-order valence-corrected chi connectivity index (χ1v) is 10.5. The second-order valence-corrected chi connectivity index (χ2v) is 7.87. The maximum absolute atomic E-state index is 10.3. The van der Waals surface area contributed by atoms with Crippen LogP contribution in [0.25, 0.3) is 0 Å². The fourth-order valence-electron chi connectivity index (χ4n) is 1.81. The summed E-state index contributed by atoms with van der Waals surface area (Å²) in [5.74, 6) is -2.14. The van der Waals surface area contributed by atoms with Gasteiger partial charge >= 0.3 is 0 Å². The second kappa shape index (κ2) is 16.2. The van der Waals surface area contributed by atoms with Crippen LogP contribution in [-0.4, -0.2) is 34.7 Å². The lowest BCUT2D eigenvalue weighted by Crippen LogP contribution is -2.64. The van der Waals surface area contributed by atoms with Crippen molar-refractivity contribution >= 4 is 43.8 Å². The van der Waals surface area contributed by atoms with Crippen LogP contribution in [0.2, 0.25) is 0 Å².